The SMILES string of the molecule is NCCc1cn(-c2ccccc2)cn1. The molecule has 14 heavy (non-hydrogen) atoms. The summed E-state index contributed by atoms with van der Waals surface area (Å²) in [7, 11) is 0. The van der Waals surface area contributed by atoms with Gasteiger partial charge in [0.15, 0.2) is 0 Å². The molecule has 3 heteroatoms. The van der Waals surface area contributed by atoms with Crippen LogP contribution in [0.2, 0.25) is 0 Å². The highest BCUT2D eigenvalue weighted by atomic mass is 15.0. The molecule has 0 saturated heterocycles. The maximum absolute atomic E-state index is 5.46. The number of para-hydroxylation sites is 1. The molecule has 2 aromatic rings. The molecule has 2 rings (SSSR count). The molecule has 0 radical (unpaired) electrons. The molecular weight excluding hydrogens is 174 g/mol. The van der Waals surface area contributed by atoms with Crippen molar-refractivity contribution in [3.63, 3.8) is 0 Å². The Morgan fingerprint density at radius 3 is 2.71 bits per heavy atom. The van der Waals surface area contributed by atoms with Crippen LogP contribution in [0.5, 0.6) is 0 Å². The number of aromatic nitrogens is 2. The second kappa shape index (κ2) is 4.07. The Morgan fingerprint density at radius 2 is 2.00 bits per heavy atom. The molecule has 0 bridgehead atoms. The lowest BCUT2D eigenvalue weighted by molar-refractivity contribution is 0.934. The first kappa shape index (κ1) is 8.97. The summed E-state index contributed by atoms with van der Waals surface area (Å²) < 4.78 is 2.00. The number of nitrogens with zero attached hydrogens (tertiary/aromatic N) is 2. The van der Waals surface area contributed by atoms with E-state index in [9.17, 15) is 0 Å². The molecule has 1 heterocycles. The molecule has 0 saturated carbocycles. The highest BCUT2D eigenvalue weighted by molar-refractivity contribution is 5.31. The first-order valence-corrected chi connectivity index (χ1v) is 4.68. The maximum Gasteiger partial charge on any atom is 0.0995 e. The zero-order valence-corrected chi connectivity index (χ0v) is 7.93. The molecule has 2 N–H and O–H groups in total. The predicted octanol–water partition coefficient (Wildman–Crippen LogP) is 1.37. The minimum Gasteiger partial charge on any atom is -0.330 e. The van der Waals surface area contributed by atoms with Crippen molar-refractivity contribution in [2.24, 2.45) is 5.73 Å². The van der Waals surface area contributed by atoms with Gasteiger partial charge in [-0.3, -0.25) is 0 Å². The van der Waals surface area contributed by atoms with E-state index in [0.29, 0.717) is 6.54 Å². The summed E-state index contributed by atoms with van der Waals surface area (Å²) in [6.07, 6.45) is 4.67. The van der Waals surface area contributed by atoms with Crippen LogP contribution in [0, 0.1) is 0 Å². The minimum atomic E-state index is 0.645. The Morgan fingerprint density at radius 1 is 1.21 bits per heavy atom. The van der Waals surface area contributed by atoms with E-state index in [1.807, 2.05) is 47.4 Å². The van der Waals surface area contributed by atoms with E-state index in [1.54, 1.807) is 0 Å². The number of hydrogen-bond acceptors (Lipinski definition) is 2. The van der Waals surface area contributed by atoms with E-state index in [4.69, 9.17) is 5.73 Å². The van der Waals surface area contributed by atoms with Crippen molar-refractivity contribution >= 4 is 0 Å². The molecule has 0 amide bonds. The first-order valence-electron chi connectivity index (χ1n) is 4.68. The predicted molar refractivity (Wildman–Crippen MR) is 56.3 cm³/mol. The standard InChI is InChI=1S/C11H13N3/c12-7-6-10-8-14(9-13-10)11-4-2-1-3-5-11/h1-5,8-9H,6-7,12H2. The second-order valence-electron chi connectivity index (χ2n) is 3.15. The first-order chi connectivity index (χ1) is 6.90. The highest BCUT2D eigenvalue weighted by Gasteiger charge is 1.98. The lowest BCUT2D eigenvalue weighted by atomic mass is 10.3. The van der Waals surface area contributed by atoms with Gasteiger partial charge in [0.05, 0.1) is 12.0 Å². The van der Waals surface area contributed by atoms with Crippen molar-refractivity contribution in [2.75, 3.05) is 6.54 Å². The van der Waals surface area contributed by atoms with E-state index in [2.05, 4.69) is 4.98 Å². The Kier molecular flexibility index (Phi) is 2.60. The largest absolute Gasteiger partial charge is 0.330 e. The summed E-state index contributed by atoms with van der Waals surface area (Å²) in [6, 6.07) is 10.1. The van der Waals surface area contributed by atoms with Crippen molar-refractivity contribution in [3.8, 4) is 5.69 Å². The van der Waals surface area contributed by atoms with Crippen LogP contribution in [0.15, 0.2) is 42.9 Å². The van der Waals surface area contributed by atoms with E-state index in [0.717, 1.165) is 17.8 Å². The van der Waals surface area contributed by atoms with Gasteiger partial charge in [0.25, 0.3) is 0 Å². The average molecular weight is 187 g/mol. The Hall–Kier alpha value is -1.61. The third kappa shape index (κ3) is 1.83. The van der Waals surface area contributed by atoms with Crippen molar-refractivity contribution in [1.29, 1.82) is 0 Å². The number of imidazole rings is 1. The fourth-order valence-corrected chi connectivity index (χ4v) is 1.38. The summed E-state index contributed by atoms with van der Waals surface area (Å²) in [4.78, 5) is 4.27. The van der Waals surface area contributed by atoms with Gasteiger partial charge in [0.1, 0.15) is 0 Å². The smallest absolute Gasteiger partial charge is 0.0995 e. The fourth-order valence-electron chi connectivity index (χ4n) is 1.38. The molecule has 3 nitrogen and oxygen atoms in total. The normalized spacial score (nSPS) is 10.4. The molecule has 0 aliphatic carbocycles. The van der Waals surface area contributed by atoms with Crippen molar-refractivity contribution in [3.05, 3.63) is 48.5 Å². The summed E-state index contributed by atoms with van der Waals surface area (Å²) in [5.41, 5.74) is 7.63. The number of benzene rings is 1. The van der Waals surface area contributed by atoms with Crippen molar-refractivity contribution in [2.45, 2.75) is 6.42 Å². The molecule has 0 fully saturated rings. The molecule has 1 aromatic heterocycles. The van der Waals surface area contributed by atoms with Crippen LogP contribution in [0.3, 0.4) is 0 Å². The third-order valence-electron chi connectivity index (χ3n) is 2.09. The van der Waals surface area contributed by atoms with Crippen LogP contribution >= 0.6 is 0 Å². The zero-order chi connectivity index (χ0) is 9.80. The van der Waals surface area contributed by atoms with Crippen LogP contribution in [0.1, 0.15) is 5.69 Å². The van der Waals surface area contributed by atoms with Gasteiger partial charge < -0.3 is 10.3 Å². The zero-order valence-electron chi connectivity index (χ0n) is 7.93. The van der Waals surface area contributed by atoms with Crippen molar-refractivity contribution < 1.29 is 0 Å². The number of hydrogen-bond donors (Lipinski definition) is 1. The summed E-state index contributed by atoms with van der Waals surface area (Å²) in [6.45, 7) is 0.645. The number of rotatable bonds is 3. The van der Waals surface area contributed by atoms with E-state index < -0.39 is 0 Å². The lowest BCUT2D eigenvalue weighted by Crippen LogP contribution is -2.02. The quantitative estimate of drug-likeness (QED) is 0.788. The molecule has 0 unspecified atom stereocenters. The molecule has 0 spiro atoms. The minimum absolute atomic E-state index is 0.645. The lowest BCUT2D eigenvalue weighted by Gasteiger charge is -1.99. The van der Waals surface area contributed by atoms with Crippen LogP contribution < -0.4 is 5.73 Å². The molecule has 1 aromatic carbocycles. The van der Waals surface area contributed by atoms with Crippen LogP contribution in [0.25, 0.3) is 5.69 Å². The topological polar surface area (TPSA) is 43.8 Å². The Bertz CT molecular complexity index is 392. The molecule has 0 aliphatic rings. The molecular formula is C11H13N3. The summed E-state index contributed by atoms with van der Waals surface area (Å²) >= 11 is 0. The third-order valence-corrected chi connectivity index (χ3v) is 2.09. The van der Waals surface area contributed by atoms with Gasteiger partial charge in [-0.25, -0.2) is 4.98 Å². The highest BCUT2D eigenvalue weighted by Crippen LogP contribution is 2.07. The van der Waals surface area contributed by atoms with E-state index >= 15 is 0 Å². The van der Waals surface area contributed by atoms with Gasteiger partial charge in [-0.15, -0.1) is 0 Å². The van der Waals surface area contributed by atoms with Gasteiger partial charge in [-0.05, 0) is 18.7 Å². The van der Waals surface area contributed by atoms with Crippen LogP contribution in [-0.4, -0.2) is 16.1 Å². The fraction of sp³-hybridized carbons (Fsp3) is 0.182. The molecule has 72 valence electrons. The second-order valence-corrected chi connectivity index (χ2v) is 3.15. The Balaban J connectivity index is 2.25. The Labute approximate surface area is 83.2 Å². The molecule has 0 aliphatic heterocycles. The summed E-state index contributed by atoms with van der Waals surface area (Å²) in [5, 5.41) is 0. The van der Waals surface area contributed by atoms with Gasteiger partial charge >= 0.3 is 0 Å². The average Bonchev–Trinajstić information content (AvgIpc) is 2.68. The van der Waals surface area contributed by atoms with Gasteiger partial charge in [0.2, 0.25) is 0 Å². The number of nitrogens with two attached hydrogens (primary N) is 1. The van der Waals surface area contributed by atoms with E-state index in [1.165, 1.54) is 0 Å². The van der Waals surface area contributed by atoms with Crippen LogP contribution in [-0.2, 0) is 6.42 Å². The van der Waals surface area contributed by atoms with E-state index in [-0.39, 0.29) is 0 Å². The monoisotopic (exact) mass is 187 g/mol. The molecule has 0 atom stereocenters. The maximum atomic E-state index is 5.46. The van der Waals surface area contributed by atoms with Gasteiger partial charge in [-0.1, -0.05) is 18.2 Å². The van der Waals surface area contributed by atoms with Crippen molar-refractivity contribution in [1.82, 2.24) is 9.55 Å². The van der Waals surface area contributed by atoms with Crippen LogP contribution in [0.4, 0.5) is 0 Å². The van der Waals surface area contributed by atoms with Gasteiger partial charge in [0, 0.05) is 18.3 Å². The summed E-state index contributed by atoms with van der Waals surface area (Å²) in [5.74, 6) is 0. The van der Waals surface area contributed by atoms with Gasteiger partial charge in [-0.2, -0.15) is 0 Å².